The van der Waals surface area contributed by atoms with Gasteiger partial charge in [-0.05, 0) is 49.6 Å². The third-order valence-electron chi connectivity index (χ3n) is 5.06. The lowest BCUT2D eigenvalue weighted by molar-refractivity contribution is -0.137. The van der Waals surface area contributed by atoms with Gasteiger partial charge in [0.05, 0.1) is 17.9 Å². The van der Waals surface area contributed by atoms with E-state index >= 15 is 0 Å². The molecule has 0 radical (unpaired) electrons. The van der Waals surface area contributed by atoms with Crippen molar-refractivity contribution in [2.45, 2.75) is 33.1 Å². The first-order valence-electron chi connectivity index (χ1n) is 11.0. The molecule has 0 unspecified atom stereocenters. The number of nitrogens with zero attached hydrogens (tertiary/aromatic N) is 1. The second-order valence-corrected chi connectivity index (χ2v) is 7.39. The second-order valence-electron chi connectivity index (χ2n) is 7.39. The Bertz CT molecular complexity index is 972. The van der Waals surface area contributed by atoms with Crippen molar-refractivity contribution in [1.29, 1.82) is 0 Å². The number of rotatable bonds is 12. The number of nitrogens with one attached hydrogen (secondary N) is 1. The van der Waals surface area contributed by atoms with Crippen LogP contribution in [0.3, 0.4) is 0 Å². The molecule has 0 atom stereocenters. The fourth-order valence-electron chi connectivity index (χ4n) is 3.44. The van der Waals surface area contributed by atoms with Crippen molar-refractivity contribution in [2.24, 2.45) is 0 Å². The third kappa shape index (κ3) is 5.53. The number of halogens is 1. The van der Waals surface area contributed by atoms with Crippen LogP contribution in [-0.4, -0.2) is 43.1 Å². The SMILES string of the molecule is CCCCOCCCN1C(=O)C(Nc2ccccc2OCC)=C(c2ccc(F)cc2)C1=O. The normalized spacial score (nSPS) is 13.8. The van der Waals surface area contributed by atoms with Gasteiger partial charge >= 0.3 is 0 Å². The van der Waals surface area contributed by atoms with Crippen LogP contribution < -0.4 is 10.1 Å². The van der Waals surface area contributed by atoms with E-state index in [9.17, 15) is 14.0 Å². The molecule has 0 aromatic heterocycles. The molecule has 1 heterocycles. The van der Waals surface area contributed by atoms with Crippen LogP contribution in [0.1, 0.15) is 38.7 Å². The number of carbonyl (C=O) groups is 2. The van der Waals surface area contributed by atoms with Crippen molar-refractivity contribution < 1.29 is 23.5 Å². The minimum absolute atomic E-state index is 0.153. The Morgan fingerprint density at radius 3 is 2.38 bits per heavy atom. The molecule has 0 saturated heterocycles. The Kier molecular flexibility index (Phi) is 8.39. The van der Waals surface area contributed by atoms with Gasteiger partial charge in [-0.1, -0.05) is 37.6 Å². The maximum atomic E-state index is 13.5. The number of unbranched alkanes of at least 4 members (excludes halogenated alkanes) is 1. The maximum absolute atomic E-state index is 13.5. The van der Waals surface area contributed by atoms with E-state index in [0.29, 0.717) is 43.2 Å². The second kappa shape index (κ2) is 11.4. The summed E-state index contributed by atoms with van der Waals surface area (Å²) < 4.78 is 24.7. The van der Waals surface area contributed by atoms with Crippen LogP contribution in [0.15, 0.2) is 54.2 Å². The lowest BCUT2D eigenvalue weighted by Gasteiger charge is -2.16. The van der Waals surface area contributed by atoms with Crippen LogP contribution in [0.25, 0.3) is 5.57 Å². The van der Waals surface area contributed by atoms with E-state index in [-0.39, 0.29) is 17.8 Å². The van der Waals surface area contributed by atoms with Gasteiger partial charge in [0, 0.05) is 19.8 Å². The topological polar surface area (TPSA) is 67.9 Å². The van der Waals surface area contributed by atoms with E-state index < -0.39 is 17.6 Å². The van der Waals surface area contributed by atoms with Crippen molar-refractivity contribution in [3.8, 4) is 5.75 Å². The molecule has 0 saturated carbocycles. The minimum atomic E-state index is -0.422. The Balaban J connectivity index is 1.86. The summed E-state index contributed by atoms with van der Waals surface area (Å²) in [5.41, 5.74) is 1.42. The average Bonchev–Trinajstić information content (AvgIpc) is 3.02. The van der Waals surface area contributed by atoms with E-state index in [1.807, 2.05) is 19.1 Å². The number of ether oxygens (including phenoxy) is 2. The molecule has 7 heteroatoms. The summed E-state index contributed by atoms with van der Waals surface area (Å²) in [6.07, 6.45) is 2.57. The molecule has 2 aromatic carbocycles. The zero-order chi connectivity index (χ0) is 22.9. The lowest BCUT2D eigenvalue weighted by atomic mass is 10.0. The molecular weight excluding hydrogens is 411 g/mol. The quantitative estimate of drug-likeness (QED) is 0.385. The molecule has 6 nitrogen and oxygen atoms in total. The minimum Gasteiger partial charge on any atom is -0.492 e. The Labute approximate surface area is 188 Å². The highest BCUT2D eigenvalue weighted by atomic mass is 19.1. The zero-order valence-electron chi connectivity index (χ0n) is 18.5. The number of hydrogen-bond donors (Lipinski definition) is 1. The van der Waals surface area contributed by atoms with Crippen molar-refractivity contribution >= 4 is 23.1 Å². The fraction of sp³-hybridized carbons (Fsp3) is 0.360. The molecule has 0 spiro atoms. The number of anilines is 1. The number of amides is 2. The standard InChI is InChI=1S/C25H29FN2O4/c1-3-5-16-31-17-8-15-28-24(29)22(18-11-13-19(26)14-12-18)23(25(28)30)27-20-9-6-7-10-21(20)32-4-2/h6-7,9-14,27H,3-5,8,15-17H2,1-2H3. The fourth-order valence-corrected chi connectivity index (χ4v) is 3.44. The predicted octanol–water partition coefficient (Wildman–Crippen LogP) is 4.62. The van der Waals surface area contributed by atoms with Crippen molar-refractivity contribution in [2.75, 3.05) is 31.7 Å². The molecule has 1 aliphatic rings. The van der Waals surface area contributed by atoms with Crippen LogP contribution in [0.2, 0.25) is 0 Å². The molecule has 32 heavy (non-hydrogen) atoms. The van der Waals surface area contributed by atoms with Crippen LogP contribution in [0, 0.1) is 5.82 Å². The smallest absolute Gasteiger partial charge is 0.278 e. The Hall–Kier alpha value is -3.19. The first kappa shape index (κ1) is 23.5. The van der Waals surface area contributed by atoms with E-state index in [2.05, 4.69) is 12.2 Å². The molecule has 1 N–H and O–H groups in total. The summed E-state index contributed by atoms with van der Waals surface area (Å²) in [6.45, 7) is 5.80. The third-order valence-corrected chi connectivity index (χ3v) is 5.06. The number of para-hydroxylation sites is 2. The van der Waals surface area contributed by atoms with E-state index in [1.165, 1.54) is 29.2 Å². The van der Waals surface area contributed by atoms with Gasteiger partial charge in [0.1, 0.15) is 17.3 Å². The van der Waals surface area contributed by atoms with Gasteiger partial charge in [0.2, 0.25) is 0 Å². The van der Waals surface area contributed by atoms with Crippen LogP contribution in [0.5, 0.6) is 5.75 Å². The van der Waals surface area contributed by atoms with Crippen LogP contribution in [0.4, 0.5) is 10.1 Å². The van der Waals surface area contributed by atoms with E-state index in [0.717, 1.165) is 12.8 Å². The van der Waals surface area contributed by atoms with Crippen molar-refractivity contribution in [3.63, 3.8) is 0 Å². The van der Waals surface area contributed by atoms with Gasteiger partial charge in [-0.2, -0.15) is 0 Å². The summed E-state index contributed by atoms with van der Waals surface area (Å²) in [5, 5.41) is 3.10. The highest BCUT2D eigenvalue weighted by molar-refractivity contribution is 6.36. The highest BCUT2D eigenvalue weighted by Gasteiger charge is 2.39. The molecular formula is C25H29FN2O4. The number of benzene rings is 2. The van der Waals surface area contributed by atoms with Crippen molar-refractivity contribution in [3.05, 3.63) is 65.6 Å². The summed E-state index contributed by atoms with van der Waals surface area (Å²) in [4.78, 5) is 27.7. The Morgan fingerprint density at radius 2 is 1.66 bits per heavy atom. The van der Waals surface area contributed by atoms with E-state index in [4.69, 9.17) is 9.47 Å². The number of carbonyl (C=O) groups excluding carboxylic acids is 2. The molecule has 2 amide bonds. The van der Waals surface area contributed by atoms with Gasteiger partial charge in [-0.15, -0.1) is 0 Å². The monoisotopic (exact) mass is 440 g/mol. The van der Waals surface area contributed by atoms with Gasteiger partial charge in [-0.3, -0.25) is 14.5 Å². The van der Waals surface area contributed by atoms with Gasteiger partial charge in [-0.25, -0.2) is 4.39 Å². The zero-order valence-corrected chi connectivity index (χ0v) is 18.5. The average molecular weight is 441 g/mol. The molecule has 1 aliphatic heterocycles. The highest BCUT2D eigenvalue weighted by Crippen LogP contribution is 2.33. The first-order valence-corrected chi connectivity index (χ1v) is 11.0. The molecule has 2 aromatic rings. The summed E-state index contributed by atoms with van der Waals surface area (Å²) in [6, 6.07) is 12.8. The molecule has 3 rings (SSSR count). The lowest BCUT2D eigenvalue weighted by Crippen LogP contribution is -2.34. The van der Waals surface area contributed by atoms with E-state index in [1.54, 1.807) is 12.1 Å². The largest absolute Gasteiger partial charge is 0.492 e. The summed E-state index contributed by atoms with van der Waals surface area (Å²) in [7, 11) is 0. The molecule has 0 fully saturated rings. The summed E-state index contributed by atoms with van der Waals surface area (Å²) in [5.74, 6) is -0.673. The molecule has 0 bridgehead atoms. The predicted molar refractivity (Wildman–Crippen MR) is 122 cm³/mol. The molecule has 0 aliphatic carbocycles. The van der Waals surface area contributed by atoms with Crippen molar-refractivity contribution in [1.82, 2.24) is 4.90 Å². The van der Waals surface area contributed by atoms with Crippen LogP contribution >= 0.6 is 0 Å². The maximum Gasteiger partial charge on any atom is 0.278 e. The number of hydrogen-bond acceptors (Lipinski definition) is 5. The van der Waals surface area contributed by atoms with Gasteiger partial charge in [0.15, 0.2) is 0 Å². The van der Waals surface area contributed by atoms with Gasteiger partial charge in [0.25, 0.3) is 11.8 Å². The first-order chi connectivity index (χ1) is 15.6. The van der Waals surface area contributed by atoms with Gasteiger partial charge < -0.3 is 14.8 Å². The van der Waals surface area contributed by atoms with Crippen LogP contribution in [-0.2, 0) is 14.3 Å². The Morgan fingerprint density at radius 1 is 0.938 bits per heavy atom. The summed E-state index contributed by atoms with van der Waals surface area (Å²) >= 11 is 0. The number of imide groups is 1. The molecule has 170 valence electrons.